The smallest absolute Gasteiger partial charge is 0.305 e. The van der Waals surface area contributed by atoms with Crippen molar-refractivity contribution in [2.75, 3.05) is 19.6 Å². The lowest BCUT2D eigenvalue weighted by Gasteiger charge is -2.31. The van der Waals surface area contributed by atoms with Gasteiger partial charge in [-0.25, -0.2) is 4.79 Å². The van der Waals surface area contributed by atoms with E-state index in [-0.39, 0.29) is 11.6 Å². The molecular formula is C15H18F3N3O. The average molecular weight is 313 g/mol. The quantitative estimate of drug-likeness (QED) is 0.926. The second kappa shape index (κ2) is 5.46. The number of rotatable bonds is 2. The highest BCUT2D eigenvalue weighted by Gasteiger charge is 2.34. The summed E-state index contributed by atoms with van der Waals surface area (Å²) < 4.78 is 40.7. The van der Waals surface area contributed by atoms with Crippen LogP contribution >= 0.6 is 0 Å². The molecule has 1 aromatic heterocycles. The van der Waals surface area contributed by atoms with Crippen LogP contribution in [0, 0.1) is 0 Å². The molecule has 0 saturated carbocycles. The van der Waals surface area contributed by atoms with Crippen molar-refractivity contribution < 1.29 is 13.2 Å². The number of aromatic nitrogens is 2. The van der Waals surface area contributed by atoms with Crippen LogP contribution < -0.4 is 5.69 Å². The molecule has 4 nitrogen and oxygen atoms in total. The molecule has 1 aromatic carbocycles. The van der Waals surface area contributed by atoms with Gasteiger partial charge in [-0.2, -0.15) is 13.2 Å². The molecule has 120 valence electrons. The summed E-state index contributed by atoms with van der Waals surface area (Å²) in [6, 6.07) is 3.89. The van der Waals surface area contributed by atoms with E-state index in [4.69, 9.17) is 0 Å². The summed E-state index contributed by atoms with van der Waals surface area (Å²) in [4.78, 5) is 16.9. The second-order valence-corrected chi connectivity index (χ2v) is 5.66. The first-order valence-corrected chi connectivity index (χ1v) is 7.44. The number of piperidine rings is 1. The molecule has 0 amide bonds. The Labute approximate surface area is 125 Å². The van der Waals surface area contributed by atoms with Crippen molar-refractivity contribution >= 4 is 11.0 Å². The Bertz CT molecular complexity index is 724. The Kier molecular flexibility index (Phi) is 3.76. The Balaban J connectivity index is 2.05. The number of nitrogens with zero attached hydrogens (tertiary/aromatic N) is 2. The first kappa shape index (κ1) is 15.1. The van der Waals surface area contributed by atoms with Gasteiger partial charge in [0.1, 0.15) is 0 Å². The Morgan fingerprint density at radius 2 is 1.95 bits per heavy atom. The molecule has 0 unspecified atom stereocenters. The van der Waals surface area contributed by atoms with Gasteiger partial charge in [-0.3, -0.25) is 4.57 Å². The summed E-state index contributed by atoms with van der Waals surface area (Å²) in [5, 5.41) is 0. The maximum atomic E-state index is 13.1. The van der Waals surface area contributed by atoms with Crippen LogP contribution in [0.15, 0.2) is 23.0 Å². The number of imidazole rings is 1. The predicted molar refractivity (Wildman–Crippen MR) is 77.9 cm³/mol. The van der Waals surface area contributed by atoms with E-state index < -0.39 is 17.4 Å². The average Bonchev–Trinajstić information content (AvgIpc) is 2.82. The summed E-state index contributed by atoms with van der Waals surface area (Å²) in [5.74, 6) is 0. The third kappa shape index (κ3) is 2.54. The van der Waals surface area contributed by atoms with Crippen LogP contribution in [0.1, 0.15) is 31.4 Å². The fraction of sp³-hybridized carbons (Fsp3) is 0.533. The summed E-state index contributed by atoms with van der Waals surface area (Å²) in [6.07, 6.45) is -2.92. The Hall–Kier alpha value is -1.76. The molecule has 0 atom stereocenters. The number of fused-ring (bicyclic) bond motifs is 1. The predicted octanol–water partition coefficient (Wildman–Crippen LogP) is 3.01. The SMILES string of the molecule is CCN1CCC(n2c(=O)[nH]c3c(C(F)(F)F)cccc32)CC1. The van der Waals surface area contributed by atoms with Gasteiger partial charge in [0.2, 0.25) is 0 Å². The number of benzene rings is 1. The number of alkyl halides is 3. The van der Waals surface area contributed by atoms with Gasteiger partial charge in [-0.15, -0.1) is 0 Å². The minimum absolute atomic E-state index is 0.0486. The van der Waals surface area contributed by atoms with Crippen LogP contribution in [-0.2, 0) is 6.18 Å². The van der Waals surface area contributed by atoms with Gasteiger partial charge >= 0.3 is 11.9 Å². The Morgan fingerprint density at radius 3 is 2.55 bits per heavy atom. The summed E-state index contributed by atoms with van der Waals surface area (Å²) in [5.41, 5.74) is -1.01. The van der Waals surface area contributed by atoms with E-state index in [9.17, 15) is 18.0 Å². The summed E-state index contributed by atoms with van der Waals surface area (Å²) >= 11 is 0. The van der Waals surface area contributed by atoms with Crippen molar-refractivity contribution in [3.8, 4) is 0 Å². The van der Waals surface area contributed by atoms with Gasteiger partial charge < -0.3 is 9.88 Å². The minimum Gasteiger partial charge on any atom is -0.305 e. The largest absolute Gasteiger partial charge is 0.418 e. The fourth-order valence-corrected chi connectivity index (χ4v) is 3.24. The van der Waals surface area contributed by atoms with E-state index in [2.05, 4.69) is 16.8 Å². The molecule has 2 heterocycles. The lowest BCUT2D eigenvalue weighted by atomic mass is 10.0. The molecule has 0 aliphatic carbocycles. The number of hydrogen-bond donors (Lipinski definition) is 1. The Morgan fingerprint density at radius 1 is 1.27 bits per heavy atom. The molecule has 3 rings (SSSR count). The zero-order valence-electron chi connectivity index (χ0n) is 12.3. The van der Waals surface area contributed by atoms with Gasteiger partial charge in [-0.05, 0) is 31.5 Å². The zero-order chi connectivity index (χ0) is 15.9. The first-order valence-electron chi connectivity index (χ1n) is 7.44. The molecule has 1 fully saturated rings. The summed E-state index contributed by atoms with van der Waals surface area (Å²) in [6.45, 7) is 4.75. The van der Waals surface area contributed by atoms with E-state index >= 15 is 0 Å². The second-order valence-electron chi connectivity index (χ2n) is 5.66. The van der Waals surface area contributed by atoms with Crippen molar-refractivity contribution in [1.29, 1.82) is 0 Å². The van der Waals surface area contributed by atoms with Crippen molar-refractivity contribution in [3.63, 3.8) is 0 Å². The third-order valence-corrected chi connectivity index (χ3v) is 4.43. The van der Waals surface area contributed by atoms with Crippen molar-refractivity contribution in [2.45, 2.75) is 32.0 Å². The molecule has 0 bridgehead atoms. The summed E-state index contributed by atoms with van der Waals surface area (Å²) in [7, 11) is 0. The van der Waals surface area contributed by atoms with Crippen LogP contribution in [0.3, 0.4) is 0 Å². The molecule has 22 heavy (non-hydrogen) atoms. The first-order chi connectivity index (χ1) is 10.4. The molecule has 1 aliphatic heterocycles. The molecule has 2 aromatic rings. The topological polar surface area (TPSA) is 41.0 Å². The normalized spacial score (nSPS) is 18.2. The molecule has 0 spiro atoms. The standard InChI is InChI=1S/C15H18F3N3O/c1-2-20-8-6-10(7-9-20)21-12-5-3-4-11(15(16,17)18)13(12)19-14(21)22/h3-5,10H,2,6-9H2,1H3,(H,19,22). The van der Waals surface area contributed by atoms with Crippen molar-refractivity contribution in [1.82, 2.24) is 14.5 Å². The molecule has 1 saturated heterocycles. The van der Waals surface area contributed by atoms with E-state index in [0.717, 1.165) is 38.5 Å². The van der Waals surface area contributed by atoms with Gasteiger partial charge in [0.15, 0.2) is 0 Å². The van der Waals surface area contributed by atoms with Gasteiger partial charge in [0.05, 0.1) is 16.6 Å². The maximum Gasteiger partial charge on any atom is 0.418 e. The van der Waals surface area contributed by atoms with Gasteiger partial charge in [0, 0.05) is 19.1 Å². The molecule has 0 radical (unpaired) electrons. The van der Waals surface area contributed by atoms with Gasteiger partial charge in [-0.1, -0.05) is 13.0 Å². The number of aromatic amines is 1. The highest BCUT2D eigenvalue weighted by atomic mass is 19.4. The van der Waals surface area contributed by atoms with E-state index in [0.29, 0.717) is 5.52 Å². The number of H-pyrrole nitrogens is 1. The van der Waals surface area contributed by atoms with Crippen LogP contribution in [0.25, 0.3) is 11.0 Å². The maximum absolute atomic E-state index is 13.1. The zero-order valence-corrected chi connectivity index (χ0v) is 12.3. The van der Waals surface area contributed by atoms with E-state index in [1.807, 2.05) is 0 Å². The van der Waals surface area contributed by atoms with Crippen molar-refractivity contribution in [2.24, 2.45) is 0 Å². The van der Waals surface area contributed by atoms with Crippen LogP contribution in [0.4, 0.5) is 13.2 Å². The monoisotopic (exact) mass is 313 g/mol. The highest BCUT2D eigenvalue weighted by Crippen LogP contribution is 2.34. The third-order valence-electron chi connectivity index (χ3n) is 4.43. The van der Waals surface area contributed by atoms with Crippen LogP contribution in [0.2, 0.25) is 0 Å². The number of nitrogens with one attached hydrogen (secondary N) is 1. The van der Waals surface area contributed by atoms with E-state index in [1.165, 1.54) is 10.6 Å². The molecule has 7 heteroatoms. The van der Waals surface area contributed by atoms with Crippen LogP contribution in [-0.4, -0.2) is 34.1 Å². The lowest BCUT2D eigenvalue weighted by molar-refractivity contribution is -0.136. The number of para-hydroxylation sites is 1. The molecule has 1 N–H and O–H groups in total. The minimum atomic E-state index is -4.47. The highest BCUT2D eigenvalue weighted by molar-refractivity contribution is 5.79. The van der Waals surface area contributed by atoms with E-state index in [1.54, 1.807) is 6.07 Å². The van der Waals surface area contributed by atoms with Crippen molar-refractivity contribution in [3.05, 3.63) is 34.2 Å². The molecular weight excluding hydrogens is 295 g/mol. The van der Waals surface area contributed by atoms with Gasteiger partial charge in [0.25, 0.3) is 0 Å². The lowest BCUT2D eigenvalue weighted by Crippen LogP contribution is -2.36. The number of halogens is 3. The molecule has 1 aliphatic rings. The number of hydrogen-bond acceptors (Lipinski definition) is 2. The van der Waals surface area contributed by atoms with Crippen LogP contribution in [0.5, 0.6) is 0 Å². The fourth-order valence-electron chi connectivity index (χ4n) is 3.24. The number of likely N-dealkylation sites (tertiary alicyclic amines) is 1.